The molecule has 1 saturated heterocycles. The minimum absolute atomic E-state index is 0.0911. The minimum Gasteiger partial charge on any atom is -0.339 e. The lowest BCUT2D eigenvalue weighted by Gasteiger charge is -2.35. The summed E-state index contributed by atoms with van der Waals surface area (Å²) in [6.45, 7) is 4.04. The lowest BCUT2D eigenvalue weighted by molar-refractivity contribution is -0.131. The Hall–Kier alpha value is -3.43. The van der Waals surface area contributed by atoms with E-state index in [2.05, 4.69) is 9.97 Å². The molecule has 0 radical (unpaired) electrons. The molecule has 3 heterocycles. The van der Waals surface area contributed by atoms with Crippen LogP contribution < -0.4 is 16.1 Å². The number of piperazine rings is 1. The van der Waals surface area contributed by atoms with Gasteiger partial charge in [0.1, 0.15) is 5.82 Å². The molecule has 0 spiro atoms. The summed E-state index contributed by atoms with van der Waals surface area (Å²) in [4.78, 5) is 47.3. The number of nitrogens with one attached hydrogen (secondary N) is 1. The largest absolute Gasteiger partial charge is 0.339 e. The summed E-state index contributed by atoms with van der Waals surface area (Å²) in [7, 11) is 1.53. The van der Waals surface area contributed by atoms with Crippen molar-refractivity contribution < 1.29 is 9.18 Å². The van der Waals surface area contributed by atoms with Gasteiger partial charge in [-0.15, -0.1) is 0 Å². The summed E-state index contributed by atoms with van der Waals surface area (Å²) in [5.41, 5.74) is -0.272. The van der Waals surface area contributed by atoms with Crippen molar-refractivity contribution in [3.8, 4) is 0 Å². The van der Waals surface area contributed by atoms with Crippen molar-refractivity contribution in [2.75, 3.05) is 31.1 Å². The lowest BCUT2D eigenvalue weighted by Crippen LogP contribution is -2.49. The number of benzene rings is 1. The molecule has 2 aromatic heterocycles. The van der Waals surface area contributed by atoms with Crippen LogP contribution in [-0.4, -0.2) is 56.1 Å². The third kappa shape index (κ3) is 3.38. The van der Waals surface area contributed by atoms with Gasteiger partial charge in [0.15, 0.2) is 11.2 Å². The highest BCUT2D eigenvalue weighted by Gasteiger charge is 2.26. The Balaban J connectivity index is 1.81. The van der Waals surface area contributed by atoms with Crippen LogP contribution in [0.3, 0.4) is 0 Å². The molecule has 158 valence electrons. The number of carbonyl (C=O) groups excluding carboxylic acids is 1. The van der Waals surface area contributed by atoms with E-state index in [1.54, 1.807) is 27.7 Å². The monoisotopic (exact) mass is 414 g/mol. The number of rotatable bonds is 4. The first kappa shape index (κ1) is 19.9. The van der Waals surface area contributed by atoms with Crippen LogP contribution in [-0.2, 0) is 18.4 Å². The predicted octanol–water partition coefficient (Wildman–Crippen LogP) is 0.669. The molecule has 0 bridgehead atoms. The van der Waals surface area contributed by atoms with E-state index in [0.29, 0.717) is 44.1 Å². The van der Waals surface area contributed by atoms with E-state index < -0.39 is 11.2 Å². The Labute approximate surface area is 171 Å². The maximum Gasteiger partial charge on any atom is 0.329 e. The standard InChI is InChI=1S/C20H23FN6O3/c1-3-15(28)25-8-10-26(11-9-25)19-22-17-16(18(29)23-20(30)24(17)2)27(19)12-13-6-4-5-7-14(13)21/h4-7H,3,8-12H2,1-2H3,(H,23,29,30). The van der Waals surface area contributed by atoms with Gasteiger partial charge in [-0.1, -0.05) is 25.1 Å². The fourth-order valence-corrected chi connectivity index (χ4v) is 3.79. The molecule has 1 aliphatic rings. The van der Waals surface area contributed by atoms with Crippen LogP contribution in [0.25, 0.3) is 11.2 Å². The van der Waals surface area contributed by atoms with Gasteiger partial charge in [0.25, 0.3) is 5.56 Å². The first-order chi connectivity index (χ1) is 14.4. The second kappa shape index (κ2) is 7.77. The van der Waals surface area contributed by atoms with Crippen LogP contribution in [0.2, 0.25) is 0 Å². The van der Waals surface area contributed by atoms with E-state index in [4.69, 9.17) is 0 Å². The average molecular weight is 414 g/mol. The molecule has 4 rings (SSSR count). The number of hydrogen-bond donors (Lipinski definition) is 1. The molecule has 1 aromatic carbocycles. The van der Waals surface area contributed by atoms with Crippen LogP contribution in [0, 0.1) is 5.82 Å². The quantitative estimate of drug-likeness (QED) is 0.677. The maximum absolute atomic E-state index is 14.3. The molecule has 0 unspecified atom stereocenters. The third-order valence-electron chi connectivity index (χ3n) is 5.49. The summed E-state index contributed by atoms with van der Waals surface area (Å²) in [5.74, 6) is 0.182. The number of H-pyrrole nitrogens is 1. The average Bonchev–Trinajstić information content (AvgIpc) is 3.13. The molecule has 0 saturated carbocycles. The lowest BCUT2D eigenvalue weighted by atomic mass is 10.2. The number of hydrogen-bond acceptors (Lipinski definition) is 5. The number of halogens is 1. The molecule has 0 atom stereocenters. The number of fused-ring (bicyclic) bond motifs is 1. The highest BCUT2D eigenvalue weighted by molar-refractivity contribution is 5.77. The van der Waals surface area contributed by atoms with E-state index >= 15 is 0 Å². The molecule has 3 aromatic rings. The summed E-state index contributed by atoms with van der Waals surface area (Å²) in [5, 5.41) is 0. The fraction of sp³-hybridized carbons (Fsp3) is 0.400. The number of imidazole rings is 1. The smallest absolute Gasteiger partial charge is 0.329 e. The van der Waals surface area contributed by atoms with E-state index in [0.717, 1.165) is 0 Å². The molecular formula is C20H23FN6O3. The second-order valence-electron chi connectivity index (χ2n) is 7.30. The van der Waals surface area contributed by atoms with Crippen molar-refractivity contribution in [1.29, 1.82) is 0 Å². The van der Waals surface area contributed by atoms with Crippen molar-refractivity contribution in [1.82, 2.24) is 24.0 Å². The first-order valence-electron chi connectivity index (χ1n) is 9.86. The number of aromatic amines is 1. The van der Waals surface area contributed by atoms with Crippen LogP contribution in [0.4, 0.5) is 10.3 Å². The fourth-order valence-electron chi connectivity index (χ4n) is 3.79. The summed E-state index contributed by atoms with van der Waals surface area (Å²) >= 11 is 0. The Morgan fingerprint density at radius 1 is 1.17 bits per heavy atom. The summed E-state index contributed by atoms with van der Waals surface area (Å²) in [6, 6.07) is 6.35. The van der Waals surface area contributed by atoms with Crippen molar-refractivity contribution in [3.63, 3.8) is 0 Å². The van der Waals surface area contributed by atoms with Gasteiger partial charge >= 0.3 is 5.69 Å². The molecule has 10 heteroatoms. The van der Waals surface area contributed by atoms with Gasteiger partial charge in [-0.2, -0.15) is 4.98 Å². The van der Waals surface area contributed by atoms with Crippen molar-refractivity contribution >= 4 is 23.0 Å². The van der Waals surface area contributed by atoms with E-state index in [-0.39, 0.29) is 29.4 Å². The number of nitrogens with zero attached hydrogens (tertiary/aromatic N) is 5. The SMILES string of the molecule is CCC(=O)N1CCN(c2nc3c(c(=O)[nH]c(=O)n3C)n2Cc2ccccc2F)CC1. The van der Waals surface area contributed by atoms with Gasteiger partial charge in [0.2, 0.25) is 11.9 Å². The molecule has 1 fully saturated rings. The van der Waals surface area contributed by atoms with E-state index in [9.17, 15) is 18.8 Å². The van der Waals surface area contributed by atoms with Crippen molar-refractivity contribution in [2.24, 2.45) is 7.05 Å². The number of aryl methyl sites for hydroxylation is 1. The molecule has 9 nitrogen and oxygen atoms in total. The maximum atomic E-state index is 14.3. The summed E-state index contributed by atoms with van der Waals surface area (Å²) in [6.07, 6.45) is 0.448. The Morgan fingerprint density at radius 3 is 2.53 bits per heavy atom. The molecular weight excluding hydrogens is 391 g/mol. The van der Waals surface area contributed by atoms with Crippen LogP contribution in [0.15, 0.2) is 33.9 Å². The molecule has 1 aliphatic heterocycles. The van der Waals surface area contributed by atoms with Gasteiger partial charge in [-0.05, 0) is 6.07 Å². The first-order valence-corrected chi connectivity index (χ1v) is 9.86. The Bertz CT molecular complexity index is 1220. The zero-order valence-corrected chi connectivity index (χ0v) is 16.9. The normalized spacial score (nSPS) is 14.5. The molecule has 0 aliphatic carbocycles. The number of carbonyl (C=O) groups is 1. The molecule has 1 amide bonds. The molecule has 1 N–H and O–H groups in total. The van der Waals surface area contributed by atoms with Gasteiger partial charge in [-0.25, -0.2) is 9.18 Å². The molecule has 30 heavy (non-hydrogen) atoms. The Morgan fingerprint density at radius 2 is 1.87 bits per heavy atom. The van der Waals surface area contributed by atoms with Gasteiger partial charge in [0.05, 0.1) is 6.54 Å². The van der Waals surface area contributed by atoms with Crippen LogP contribution >= 0.6 is 0 Å². The third-order valence-corrected chi connectivity index (χ3v) is 5.49. The van der Waals surface area contributed by atoms with E-state index in [1.807, 2.05) is 11.8 Å². The minimum atomic E-state index is -0.567. The number of anilines is 1. The van der Waals surface area contributed by atoms with Crippen molar-refractivity contribution in [3.05, 3.63) is 56.5 Å². The van der Waals surface area contributed by atoms with Gasteiger partial charge < -0.3 is 9.80 Å². The predicted molar refractivity (Wildman–Crippen MR) is 110 cm³/mol. The second-order valence-corrected chi connectivity index (χ2v) is 7.30. The topological polar surface area (TPSA) is 96.2 Å². The zero-order chi connectivity index (χ0) is 21.4. The van der Waals surface area contributed by atoms with Crippen molar-refractivity contribution in [2.45, 2.75) is 19.9 Å². The van der Waals surface area contributed by atoms with Crippen LogP contribution in [0.1, 0.15) is 18.9 Å². The Kier molecular flexibility index (Phi) is 5.15. The summed E-state index contributed by atoms with van der Waals surface area (Å²) < 4.78 is 17.3. The van der Waals surface area contributed by atoms with Gasteiger partial charge in [-0.3, -0.25) is 23.7 Å². The van der Waals surface area contributed by atoms with Crippen LogP contribution in [0.5, 0.6) is 0 Å². The highest BCUT2D eigenvalue weighted by atomic mass is 19.1. The van der Waals surface area contributed by atoms with Gasteiger partial charge in [0, 0.05) is 45.2 Å². The van der Waals surface area contributed by atoms with E-state index in [1.165, 1.54) is 17.7 Å². The number of aromatic nitrogens is 4. The number of amides is 1. The highest BCUT2D eigenvalue weighted by Crippen LogP contribution is 2.23. The zero-order valence-electron chi connectivity index (χ0n) is 16.9.